The molecule has 0 fully saturated rings. The zero-order valence-corrected chi connectivity index (χ0v) is 14.4. The van der Waals surface area contributed by atoms with Gasteiger partial charge in [-0.3, -0.25) is 0 Å². The van der Waals surface area contributed by atoms with E-state index in [1.54, 1.807) is 7.11 Å². The lowest BCUT2D eigenvalue weighted by atomic mass is 9.81. The number of benzene rings is 1. The molecule has 1 heterocycles. The number of rotatable bonds is 5. The van der Waals surface area contributed by atoms with E-state index in [0.29, 0.717) is 0 Å². The fourth-order valence-electron chi connectivity index (χ4n) is 3.24. The second-order valence-corrected chi connectivity index (χ2v) is 7.13. The van der Waals surface area contributed by atoms with Gasteiger partial charge in [0.05, 0.1) is 5.60 Å². The molecule has 0 radical (unpaired) electrons. The van der Waals surface area contributed by atoms with Crippen molar-refractivity contribution >= 4 is 11.6 Å². The summed E-state index contributed by atoms with van der Waals surface area (Å²) >= 11 is 6.14. The summed E-state index contributed by atoms with van der Waals surface area (Å²) in [7, 11) is 1.75. The molecule has 0 bridgehead atoms. The molecule has 2 atom stereocenters. The van der Waals surface area contributed by atoms with Gasteiger partial charge in [-0.15, -0.1) is 0 Å². The van der Waals surface area contributed by atoms with Crippen molar-refractivity contribution in [2.75, 3.05) is 13.7 Å². The van der Waals surface area contributed by atoms with Gasteiger partial charge in [0.2, 0.25) is 0 Å². The summed E-state index contributed by atoms with van der Waals surface area (Å²) in [5, 5.41) is 4.30. The van der Waals surface area contributed by atoms with Crippen LogP contribution in [0.3, 0.4) is 0 Å². The number of hydrogen-bond acceptors (Lipinski definition) is 3. The van der Waals surface area contributed by atoms with E-state index in [4.69, 9.17) is 21.1 Å². The van der Waals surface area contributed by atoms with E-state index in [9.17, 15) is 0 Å². The molecule has 1 aromatic carbocycles. The molecular formula is C17H26ClNO2. The van der Waals surface area contributed by atoms with E-state index in [2.05, 4.69) is 33.0 Å². The summed E-state index contributed by atoms with van der Waals surface area (Å²) < 4.78 is 11.9. The van der Waals surface area contributed by atoms with E-state index >= 15 is 0 Å². The smallest absolute Gasteiger partial charge is 0.125 e. The van der Waals surface area contributed by atoms with Crippen LogP contribution >= 0.6 is 11.6 Å². The highest BCUT2D eigenvalue weighted by molar-refractivity contribution is 6.30. The van der Waals surface area contributed by atoms with Crippen LogP contribution in [0.1, 0.15) is 52.1 Å². The standard InChI is InChI=1S/C17H26ClNO2/c1-6-19-14-10-17(4,11-16(2,3)20-5)21-15-8-7-12(18)9-13(14)15/h7-9,14,19H,6,10-11H2,1-5H3. The van der Waals surface area contributed by atoms with Gasteiger partial charge in [-0.25, -0.2) is 0 Å². The Labute approximate surface area is 133 Å². The molecule has 0 saturated heterocycles. The first-order valence-electron chi connectivity index (χ1n) is 7.55. The van der Waals surface area contributed by atoms with Crippen LogP contribution < -0.4 is 10.1 Å². The lowest BCUT2D eigenvalue weighted by Crippen LogP contribution is -2.46. The average Bonchev–Trinajstić information content (AvgIpc) is 2.39. The van der Waals surface area contributed by atoms with E-state index in [1.807, 2.05) is 18.2 Å². The highest BCUT2D eigenvalue weighted by atomic mass is 35.5. The number of nitrogens with one attached hydrogen (secondary N) is 1. The Morgan fingerprint density at radius 2 is 2.19 bits per heavy atom. The number of hydrogen-bond donors (Lipinski definition) is 1. The van der Waals surface area contributed by atoms with Crippen LogP contribution in [0.5, 0.6) is 5.75 Å². The highest BCUT2D eigenvalue weighted by Gasteiger charge is 2.41. The van der Waals surface area contributed by atoms with Gasteiger partial charge < -0.3 is 14.8 Å². The molecule has 3 nitrogen and oxygen atoms in total. The predicted molar refractivity (Wildman–Crippen MR) is 87.2 cm³/mol. The Morgan fingerprint density at radius 1 is 1.48 bits per heavy atom. The second-order valence-electron chi connectivity index (χ2n) is 6.69. The van der Waals surface area contributed by atoms with Crippen molar-refractivity contribution in [2.45, 2.75) is 57.8 Å². The minimum absolute atomic E-state index is 0.213. The van der Waals surface area contributed by atoms with Gasteiger partial charge in [0, 0.05) is 36.6 Å². The third kappa shape index (κ3) is 3.91. The first-order valence-corrected chi connectivity index (χ1v) is 7.93. The van der Waals surface area contributed by atoms with Crippen molar-refractivity contribution in [1.29, 1.82) is 0 Å². The van der Waals surface area contributed by atoms with Crippen molar-refractivity contribution in [1.82, 2.24) is 5.32 Å². The maximum absolute atomic E-state index is 6.31. The maximum Gasteiger partial charge on any atom is 0.125 e. The predicted octanol–water partition coefficient (Wildman–Crippen LogP) is 4.35. The minimum atomic E-state index is -0.257. The molecule has 0 aliphatic carbocycles. The lowest BCUT2D eigenvalue weighted by molar-refractivity contribution is -0.0597. The molecule has 118 valence electrons. The van der Waals surface area contributed by atoms with Crippen molar-refractivity contribution < 1.29 is 9.47 Å². The largest absolute Gasteiger partial charge is 0.487 e. The molecule has 1 aliphatic heterocycles. The second kappa shape index (κ2) is 6.15. The molecule has 2 unspecified atom stereocenters. The van der Waals surface area contributed by atoms with Crippen LogP contribution in [0, 0.1) is 0 Å². The van der Waals surface area contributed by atoms with E-state index < -0.39 is 0 Å². The Morgan fingerprint density at radius 3 is 2.81 bits per heavy atom. The summed E-state index contributed by atoms with van der Waals surface area (Å²) in [5.74, 6) is 0.922. The molecule has 0 spiro atoms. The summed E-state index contributed by atoms with van der Waals surface area (Å²) in [6, 6.07) is 6.12. The number of methoxy groups -OCH3 is 1. The normalized spacial score (nSPS) is 25.3. The SMILES string of the molecule is CCNC1CC(C)(CC(C)(C)OC)Oc2ccc(Cl)cc21. The number of fused-ring (bicyclic) bond motifs is 1. The van der Waals surface area contributed by atoms with E-state index in [1.165, 1.54) is 0 Å². The van der Waals surface area contributed by atoms with Crippen LogP contribution in [-0.4, -0.2) is 24.9 Å². The summed E-state index contributed by atoms with van der Waals surface area (Å²) in [6.07, 6.45) is 1.74. The van der Waals surface area contributed by atoms with Gasteiger partial charge >= 0.3 is 0 Å². The molecule has 2 rings (SSSR count). The van der Waals surface area contributed by atoms with Crippen molar-refractivity contribution in [3.8, 4) is 5.75 Å². The van der Waals surface area contributed by atoms with Gasteiger partial charge in [0.25, 0.3) is 0 Å². The fraction of sp³-hybridized carbons (Fsp3) is 0.647. The van der Waals surface area contributed by atoms with Gasteiger partial charge in [-0.1, -0.05) is 18.5 Å². The first kappa shape index (κ1) is 16.6. The third-order valence-electron chi connectivity index (χ3n) is 4.14. The topological polar surface area (TPSA) is 30.5 Å². The molecule has 0 saturated carbocycles. The quantitative estimate of drug-likeness (QED) is 0.877. The van der Waals surface area contributed by atoms with E-state index in [0.717, 1.165) is 35.7 Å². The monoisotopic (exact) mass is 311 g/mol. The van der Waals surface area contributed by atoms with Gasteiger partial charge in [-0.2, -0.15) is 0 Å². The van der Waals surface area contributed by atoms with Crippen LogP contribution in [0.25, 0.3) is 0 Å². The minimum Gasteiger partial charge on any atom is -0.487 e. The van der Waals surface area contributed by atoms with Crippen molar-refractivity contribution in [2.24, 2.45) is 0 Å². The zero-order chi connectivity index (χ0) is 15.7. The molecule has 1 aromatic rings. The van der Waals surface area contributed by atoms with Crippen molar-refractivity contribution in [3.05, 3.63) is 28.8 Å². The molecule has 1 N–H and O–H groups in total. The van der Waals surface area contributed by atoms with Crippen molar-refractivity contribution in [3.63, 3.8) is 0 Å². The van der Waals surface area contributed by atoms with Crippen LogP contribution in [0.2, 0.25) is 5.02 Å². The zero-order valence-electron chi connectivity index (χ0n) is 13.6. The molecule has 0 aromatic heterocycles. The molecule has 0 amide bonds. The van der Waals surface area contributed by atoms with Crippen LogP contribution in [0.15, 0.2) is 18.2 Å². The summed E-state index contributed by atoms with van der Waals surface area (Å²) in [5.41, 5.74) is 0.680. The van der Waals surface area contributed by atoms with Crippen LogP contribution in [-0.2, 0) is 4.74 Å². The van der Waals surface area contributed by atoms with Crippen LogP contribution in [0.4, 0.5) is 0 Å². The summed E-state index contributed by atoms with van der Waals surface area (Å²) in [6.45, 7) is 9.40. The molecule has 21 heavy (non-hydrogen) atoms. The Bertz CT molecular complexity index is 504. The molecule has 4 heteroatoms. The average molecular weight is 312 g/mol. The van der Waals surface area contributed by atoms with Gasteiger partial charge in [0.1, 0.15) is 11.4 Å². The number of ether oxygens (including phenoxy) is 2. The number of halogens is 1. The Balaban J connectivity index is 2.31. The first-order chi connectivity index (χ1) is 9.78. The molecule has 1 aliphatic rings. The maximum atomic E-state index is 6.31. The molecular weight excluding hydrogens is 286 g/mol. The van der Waals surface area contributed by atoms with Gasteiger partial charge in [-0.05, 0) is 45.5 Å². The fourth-order valence-corrected chi connectivity index (χ4v) is 3.42. The highest BCUT2D eigenvalue weighted by Crippen LogP contribution is 2.43. The van der Waals surface area contributed by atoms with Gasteiger partial charge in [0.15, 0.2) is 0 Å². The third-order valence-corrected chi connectivity index (χ3v) is 4.38. The summed E-state index contributed by atoms with van der Waals surface area (Å²) in [4.78, 5) is 0. The Hall–Kier alpha value is -0.770. The Kier molecular flexibility index (Phi) is 4.86. The lowest BCUT2D eigenvalue weighted by Gasteiger charge is -2.43. The van der Waals surface area contributed by atoms with E-state index in [-0.39, 0.29) is 17.2 Å².